The Kier molecular flexibility index (Phi) is 9.95. The van der Waals surface area contributed by atoms with Crippen LogP contribution in [0.25, 0.3) is 0 Å². The molecule has 1 aromatic heterocycles. The number of aromatic nitrogens is 2. The highest BCUT2D eigenvalue weighted by Crippen LogP contribution is 2.25. The molecule has 1 aliphatic heterocycles. The van der Waals surface area contributed by atoms with Crippen molar-refractivity contribution < 1.29 is 17.7 Å². The van der Waals surface area contributed by atoms with Gasteiger partial charge in [-0.3, -0.25) is 9.89 Å². The second-order valence-electron chi connectivity index (χ2n) is 6.93. The minimum absolute atomic E-state index is 0. The third-order valence-corrected chi connectivity index (χ3v) is 4.56. The van der Waals surface area contributed by atoms with Gasteiger partial charge in [0.1, 0.15) is 6.04 Å². The molecule has 0 amide bonds. The van der Waals surface area contributed by atoms with Crippen molar-refractivity contribution >= 4 is 29.9 Å². The van der Waals surface area contributed by atoms with Crippen molar-refractivity contribution in [3.05, 3.63) is 11.7 Å². The van der Waals surface area contributed by atoms with Gasteiger partial charge >= 0.3 is 6.18 Å². The maximum atomic E-state index is 12.9. The summed E-state index contributed by atoms with van der Waals surface area (Å²) in [5, 5.41) is 7.13. The van der Waals surface area contributed by atoms with Gasteiger partial charge in [-0.05, 0) is 13.8 Å². The van der Waals surface area contributed by atoms with Crippen LogP contribution in [-0.4, -0.2) is 77.4 Å². The lowest BCUT2D eigenvalue weighted by atomic mass is 10.2. The van der Waals surface area contributed by atoms with Crippen LogP contribution in [-0.2, 0) is 6.42 Å². The SMILES string of the molecule is CCNC(=NCCc1nc(C(C)C)no1)N1CCN(C(C)C(F)(F)F)CC1.I. The van der Waals surface area contributed by atoms with Gasteiger partial charge in [0.05, 0.1) is 6.54 Å². The Bertz CT molecular complexity index is 614. The number of rotatable bonds is 6. The molecule has 0 aliphatic carbocycles. The highest BCUT2D eigenvalue weighted by molar-refractivity contribution is 14.0. The normalized spacial score (nSPS) is 17.6. The van der Waals surface area contributed by atoms with Gasteiger partial charge in [0.25, 0.3) is 0 Å². The Labute approximate surface area is 181 Å². The van der Waals surface area contributed by atoms with E-state index in [1.54, 1.807) is 0 Å². The van der Waals surface area contributed by atoms with Crippen molar-refractivity contribution in [3.63, 3.8) is 0 Å². The summed E-state index contributed by atoms with van der Waals surface area (Å²) in [7, 11) is 0. The number of halogens is 4. The fraction of sp³-hybridized carbons (Fsp3) is 0.824. The second kappa shape index (κ2) is 11.2. The largest absolute Gasteiger partial charge is 0.403 e. The van der Waals surface area contributed by atoms with Crippen LogP contribution in [0.1, 0.15) is 45.3 Å². The molecule has 1 aromatic rings. The Balaban J connectivity index is 0.00000392. The van der Waals surface area contributed by atoms with Crippen LogP contribution in [0.3, 0.4) is 0 Å². The molecule has 2 rings (SSSR count). The summed E-state index contributed by atoms with van der Waals surface area (Å²) in [5.74, 6) is 2.14. The van der Waals surface area contributed by atoms with Crippen LogP contribution in [0.5, 0.6) is 0 Å². The third kappa shape index (κ3) is 7.05. The van der Waals surface area contributed by atoms with E-state index in [1.165, 1.54) is 11.8 Å². The summed E-state index contributed by atoms with van der Waals surface area (Å²) >= 11 is 0. The molecule has 1 atom stereocenters. The molecule has 1 unspecified atom stereocenters. The Morgan fingerprint density at radius 1 is 1.21 bits per heavy atom. The van der Waals surface area contributed by atoms with Crippen LogP contribution >= 0.6 is 24.0 Å². The van der Waals surface area contributed by atoms with Crippen molar-refractivity contribution in [3.8, 4) is 0 Å². The number of hydrogen-bond donors (Lipinski definition) is 1. The predicted molar refractivity (Wildman–Crippen MR) is 112 cm³/mol. The van der Waals surface area contributed by atoms with E-state index < -0.39 is 12.2 Å². The Morgan fingerprint density at radius 2 is 1.86 bits per heavy atom. The van der Waals surface area contributed by atoms with E-state index in [0.717, 1.165) is 0 Å². The predicted octanol–water partition coefficient (Wildman–Crippen LogP) is 2.89. The number of nitrogens with one attached hydrogen (secondary N) is 1. The highest BCUT2D eigenvalue weighted by Gasteiger charge is 2.41. The molecule has 1 saturated heterocycles. The van der Waals surface area contributed by atoms with Gasteiger partial charge in [0.2, 0.25) is 5.89 Å². The number of piperazine rings is 1. The van der Waals surface area contributed by atoms with Gasteiger partial charge in [-0.2, -0.15) is 18.2 Å². The third-order valence-electron chi connectivity index (χ3n) is 4.56. The van der Waals surface area contributed by atoms with Crippen molar-refractivity contribution in [2.24, 2.45) is 4.99 Å². The minimum atomic E-state index is -4.19. The standard InChI is InChI=1S/C17H29F3N6O.HI/c1-5-21-16(22-7-6-14-23-15(12(2)3)24-27-14)26-10-8-25(9-11-26)13(4)17(18,19)20;/h12-13H,5-11H2,1-4H3,(H,21,22);1H. The molecule has 0 radical (unpaired) electrons. The van der Waals surface area contributed by atoms with E-state index >= 15 is 0 Å². The molecule has 162 valence electrons. The summed E-state index contributed by atoms with van der Waals surface area (Å²) in [6.45, 7) is 10.0. The molecule has 28 heavy (non-hydrogen) atoms. The lowest BCUT2D eigenvalue weighted by Crippen LogP contribution is -2.56. The lowest BCUT2D eigenvalue weighted by Gasteiger charge is -2.39. The van der Waals surface area contributed by atoms with Crippen LogP contribution in [0, 0.1) is 0 Å². The average Bonchev–Trinajstić information content (AvgIpc) is 3.09. The minimum Gasteiger partial charge on any atom is -0.357 e. The highest BCUT2D eigenvalue weighted by atomic mass is 127. The first-order valence-electron chi connectivity index (χ1n) is 9.38. The molecule has 7 nitrogen and oxygen atoms in total. The number of guanidine groups is 1. The fourth-order valence-electron chi connectivity index (χ4n) is 2.82. The summed E-state index contributed by atoms with van der Waals surface area (Å²) in [6.07, 6.45) is -3.67. The van der Waals surface area contributed by atoms with Gasteiger partial charge < -0.3 is 14.7 Å². The molecule has 0 aromatic carbocycles. The zero-order valence-corrected chi connectivity index (χ0v) is 19.1. The molecule has 0 bridgehead atoms. The summed E-state index contributed by atoms with van der Waals surface area (Å²) < 4.78 is 43.8. The van der Waals surface area contributed by atoms with Crippen molar-refractivity contribution in [1.29, 1.82) is 0 Å². The first-order chi connectivity index (χ1) is 12.7. The number of hydrogen-bond acceptors (Lipinski definition) is 5. The maximum absolute atomic E-state index is 12.9. The van der Waals surface area contributed by atoms with Gasteiger partial charge in [0.15, 0.2) is 11.8 Å². The molecular formula is C17H30F3IN6O. The van der Waals surface area contributed by atoms with Gasteiger partial charge in [0, 0.05) is 45.1 Å². The van der Waals surface area contributed by atoms with Crippen LogP contribution in [0.2, 0.25) is 0 Å². The molecule has 11 heteroatoms. The number of nitrogens with zero attached hydrogens (tertiary/aromatic N) is 5. The lowest BCUT2D eigenvalue weighted by molar-refractivity contribution is -0.181. The number of alkyl halides is 3. The monoisotopic (exact) mass is 518 g/mol. The molecule has 1 aliphatic rings. The number of aliphatic imine (C=N–C) groups is 1. The van der Waals surface area contributed by atoms with Crippen LogP contribution in [0.4, 0.5) is 13.2 Å². The zero-order valence-electron chi connectivity index (χ0n) is 16.8. The molecule has 2 heterocycles. The molecular weight excluding hydrogens is 488 g/mol. The van der Waals surface area contributed by atoms with E-state index in [0.29, 0.717) is 63.4 Å². The first-order valence-corrected chi connectivity index (χ1v) is 9.38. The van der Waals surface area contributed by atoms with Gasteiger partial charge in [-0.1, -0.05) is 19.0 Å². The van der Waals surface area contributed by atoms with Gasteiger partial charge in [-0.15, -0.1) is 24.0 Å². The van der Waals surface area contributed by atoms with Crippen molar-refractivity contribution in [1.82, 2.24) is 25.3 Å². The molecule has 0 spiro atoms. The summed E-state index contributed by atoms with van der Waals surface area (Å²) in [6, 6.07) is -1.42. The van der Waals surface area contributed by atoms with E-state index in [9.17, 15) is 13.2 Å². The smallest absolute Gasteiger partial charge is 0.357 e. The Morgan fingerprint density at radius 3 is 2.36 bits per heavy atom. The zero-order chi connectivity index (χ0) is 20.0. The van der Waals surface area contributed by atoms with Gasteiger partial charge in [-0.25, -0.2) is 0 Å². The topological polar surface area (TPSA) is 69.8 Å². The van der Waals surface area contributed by atoms with E-state index in [4.69, 9.17) is 4.52 Å². The van der Waals surface area contributed by atoms with E-state index in [2.05, 4.69) is 20.4 Å². The first kappa shape index (κ1) is 24.9. The van der Waals surface area contributed by atoms with Crippen LogP contribution < -0.4 is 5.32 Å². The molecule has 1 fully saturated rings. The Hall–Kier alpha value is -1.11. The summed E-state index contributed by atoms with van der Waals surface area (Å²) in [4.78, 5) is 12.4. The molecule has 0 saturated carbocycles. The maximum Gasteiger partial charge on any atom is 0.403 e. The summed E-state index contributed by atoms with van der Waals surface area (Å²) in [5.41, 5.74) is 0. The molecule has 1 N–H and O–H groups in total. The quantitative estimate of drug-likeness (QED) is 0.355. The fourth-order valence-corrected chi connectivity index (χ4v) is 2.82. The van der Waals surface area contributed by atoms with Crippen molar-refractivity contribution in [2.45, 2.75) is 52.3 Å². The van der Waals surface area contributed by atoms with E-state index in [-0.39, 0.29) is 29.9 Å². The average molecular weight is 518 g/mol. The second-order valence-corrected chi connectivity index (χ2v) is 6.93. The van der Waals surface area contributed by atoms with Crippen molar-refractivity contribution in [2.75, 3.05) is 39.3 Å². The van der Waals surface area contributed by atoms with Crippen LogP contribution in [0.15, 0.2) is 9.52 Å². The van der Waals surface area contributed by atoms with E-state index in [1.807, 2.05) is 25.7 Å².